The number of hydrogen-bond acceptors (Lipinski definition) is 9. The second-order valence-corrected chi connectivity index (χ2v) is 14.7. The molecule has 226 valence electrons. The van der Waals surface area contributed by atoms with Crippen molar-refractivity contribution in [3.63, 3.8) is 0 Å². The Morgan fingerprint density at radius 2 is 1.77 bits per heavy atom. The van der Waals surface area contributed by atoms with Crippen LogP contribution in [-0.4, -0.2) is 59.4 Å². The minimum atomic E-state index is -4.71. The molecule has 3 aliphatic rings. The zero-order chi connectivity index (χ0) is 30.4. The van der Waals surface area contributed by atoms with Crippen LogP contribution in [0.15, 0.2) is 36.5 Å². The van der Waals surface area contributed by atoms with E-state index in [0.29, 0.717) is 49.5 Å². The van der Waals surface area contributed by atoms with Crippen molar-refractivity contribution < 1.29 is 26.4 Å². The van der Waals surface area contributed by atoms with Gasteiger partial charge in [-0.1, -0.05) is 25.0 Å². The normalized spacial score (nSPS) is 22.9. The lowest BCUT2D eigenvalue weighted by Crippen LogP contribution is -2.42. The van der Waals surface area contributed by atoms with Gasteiger partial charge >= 0.3 is 6.18 Å². The molecule has 1 aromatic carbocycles. The number of rotatable bonds is 6. The molecule has 9 nitrogen and oxygen atoms in total. The first-order valence-corrected chi connectivity index (χ1v) is 16.8. The van der Waals surface area contributed by atoms with Crippen LogP contribution in [-0.2, 0) is 20.8 Å². The average molecular weight is 631 g/mol. The number of nitrogens with zero attached hydrogens (tertiary/aromatic N) is 5. The molecular formula is C29H29F3N6O3S2. The van der Waals surface area contributed by atoms with Crippen LogP contribution in [0.4, 0.5) is 18.9 Å². The molecule has 6 rings (SSSR count). The molecule has 1 amide bonds. The molecule has 2 aromatic heterocycles. The Morgan fingerprint density at radius 3 is 2.42 bits per heavy atom. The number of aromatic nitrogens is 3. The van der Waals surface area contributed by atoms with Crippen LogP contribution in [0.1, 0.15) is 56.0 Å². The number of nitrogens with one attached hydrogen (secondary N) is 1. The summed E-state index contributed by atoms with van der Waals surface area (Å²) in [6.45, 7) is 0.798. The number of carbonyl (C=O) groups excluding carboxylic acids is 1. The molecule has 43 heavy (non-hydrogen) atoms. The molecule has 3 aromatic rings. The number of benzene rings is 1. The monoisotopic (exact) mass is 630 g/mol. The molecule has 2 atom stereocenters. The van der Waals surface area contributed by atoms with Crippen molar-refractivity contribution in [3.05, 3.63) is 48.0 Å². The van der Waals surface area contributed by atoms with Crippen molar-refractivity contribution in [1.82, 2.24) is 20.3 Å². The molecule has 0 unspecified atom stereocenters. The Labute approximate surface area is 251 Å². The Morgan fingerprint density at radius 1 is 1.07 bits per heavy atom. The summed E-state index contributed by atoms with van der Waals surface area (Å²) in [5, 5.41) is 12.8. The van der Waals surface area contributed by atoms with Crippen LogP contribution in [0.3, 0.4) is 0 Å². The van der Waals surface area contributed by atoms with Gasteiger partial charge in [0.2, 0.25) is 11.7 Å². The zero-order valence-corrected chi connectivity index (χ0v) is 24.7. The molecule has 0 radical (unpaired) electrons. The van der Waals surface area contributed by atoms with E-state index in [9.17, 15) is 31.6 Å². The number of carbonyl (C=O) groups is 1. The van der Waals surface area contributed by atoms with Gasteiger partial charge in [-0.25, -0.2) is 23.4 Å². The van der Waals surface area contributed by atoms with Crippen molar-refractivity contribution >= 4 is 32.8 Å². The smallest absolute Gasteiger partial charge is 0.369 e. The fourth-order valence-corrected chi connectivity index (χ4v) is 8.11. The van der Waals surface area contributed by atoms with Crippen LogP contribution in [0, 0.1) is 17.2 Å². The quantitative estimate of drug-likeness (QED) is 0.405. The van der Waals surface area contributed by atoms with E-state index in [2.05, 4.69) is 21.4 Å². The van der Waals surface area contributed by atoms with Crippen molar-refractivity contribution in [2.45, 2.75) is 56.2 Å². The van der Waals surface area contributed by atoms with Gasteiger partial charge in [0.15, 0.2) is 9.84 Å². The topological polar surface area (TPSA) is 129 Å². The van der Waals surface area contributed by atoms with Crippen molar-refractivity contribution in [1.29, 1.82) is 5.26 Å². The van der Waals surface area contributed by atoms with Crippen molar-refractivity contribution in [2.24, 2.45) is 5.92 Å². The maximum Gasteiger partial charge on any atom is 0.451 e. The summed E-state index contributed by atoms with van der Waals surface area (Å²) < 4.78 is 64.0. The Balaban J connectivity index is 1.37. The van der Waals surface area contributed by atoms with Gasteiger partial charge in [0.05, 0.1) is 28.1 Å². The highest BCUT2D eigenvalue weighted by atomic mass is 32.2. The number of thiazole rings is 1. The Hall–Kier alpha value is -3.57. The number of halogens is 3. The highest BCUT2D eigenvalue weighted by Gasteiger charge is 2.47. The summed E-state index contributed by atoms with van der Waals surface area (Å²) in [6, 6.07) is 11.2. The number of sulfone groups is 1. The number of amides is 1. The fraction of sp³-hybridized carbons (Fsp3) is 0.483. The van der Waals surface area contributed by atoms with Gasteiger partial charge in [-0.15, -0.1) is 11.3 Å². The molecule has 1 saturated heterocycles. The third-order valence-corrected chi connectivity index (χ3v) is 11.2. The van der Waals surface area contributed by atoms with Crippen LogP contribution in [0.2, 0.25) is 0 Å². The maximum atomic E-state index is 13.5. The highest BCUT2D eigenvalue weighted by molar-refractivity contribution is 7.91. The van der Waals surface area contributed by atoms with Gasteiger partial charge in [-0.3, -0.25) is 4.79 Å². The zero-order valence-electron chi connectivity index (χ0n) is 23.1. The van der Waals surface area contributed by atoms with E-state index < -0.39 is 33.3 Å². The first kappa shape index (κ1) is 29.5. The molecule has 3 heterocycles. The third kappa shape index (κ3) is 6.24. The summed E-state index contributed by atoms with van der Waals surface area (Å²) in [5.74, 6) is -1.99. The van der Waals surface area contributed by atoms with Crippen LogP contribution >= 0.6 is 11.3 Å². The van der Waals surface area contributed by atoms with E-state index in [1.807, 2.05) is 29.2 Å². The van der Waals surface area contributed by atoms with E-state index in [1.165, 1.54) is 17.4 Å². The molecule has 1 aliphatic heterocycles. The summed E-state index contributed by atoms with van der Waals surface area (Å²) in [4.78, 5) is 28.2. The van der Waals surface area contributed by atoms with E-state index in [-0.39, 0.29) is 29.0 Å². The van der Waals surface area contributed by atoms with E-state index in [1.54, 1.807) is 0 Å². The molecule has 0 spiro atoms. The predicted octanol–water partition coefficient (Wildman–Crippen LogP) is 4.97. The second-order valence-electron chi connectivity index (χ2n) is 11.4. The largest absolute Gasteiger partial charge is 0.451 e. The van der Waals surface area contributed by atoms with E-state index in [0.717, 1.165) is 35.2 Å². The van der Waals surface area contributed by atoms with Gasteiger partial charge in [0, 0.05) is 36.8 Å². The molecule has 2 saturated carbocycles. The van der Waals surface area contributed by atoms with Crippen molar-refractivity contribution in [3.8, 4) is 27.2 Å². The van der Waals surface area contributed by atoms with Crippen LogP contribution in [0.25, 0.3) is 21.1 Å². The van der Waals surface area contributed by atoms with Crippen LogP contribution in [0.5, 0.6) is 0 Å². The first-order valence-electron chi connectivity index (χ1n) is 14.2. The molecule has 14 heteroatoms. The summed E-state index contributed by atoms with van der Waals surface area (Å²) in [6.07, 6.45) is 0.585. The lowest BCUT2D eigenvalue weighted by Gasteiger charge is -2.31. The van der Waals surface area contributed by atoms with Crippen molar-refractivity contribution in [2.75, 3.05) is 29.5 Å². The predicted molar refractivity (Wildman–Crippen MR) is 155 cm³/mol. The summed E-state index contributed by atoms with van der Waals surface area (Å²) in [5.41, 5.74) is 1.53. The van der Waals surface area contributed by atoms with Gasteiger partial charge in [0.25, 0.3) is 0 Å². The fourth-order valence-electron chi connectivity index (χ4n) is 5.80. The standard InChI is InChI=1S/C29H29F3N6O3S2/c30-29(31,32)27-34-12-9-22(35-27)26-36-23(20-3-1-2-4-21(20)25(39)37-28(17-33)10-11-28)24(42-26)18-5-7-19(8-6-18)38-13-15-43(40,41)16-14-38/h5-9,12,20-21H,1-4,10-11,13-16H2,(H,37,39)/t20-,21-/m1/s1. The minimum absolute atomic E-state index is 0.0456. The van der Waals surface area contributed by atoms with E-state index >= 15 is 0 Å². The number of nitriles is 1. The number of alkyl halides is 3. The molecule has 0 bridgehead atoms. The lowest BCUT2D eigenvalue weighted by atomic mass is 9.76. The summed E-state index contributed by atoms with van der Waals surface area (Å²) in [7, 11) is -3.03. The Bertz CT molecular complexity index is 1670. The van der Waals surface area contributed by atoms with Gasteiger partial charge < -0.3 is 10.2 Å². The lowest BCUT2D eigenvalue weighted by molar-refractivity contribution is -0.144. The van der Waals surface area contributed by atoms with Crippen LogP contribution < -0.4 is 10.2 Å². The average Bonchev–Trinajstić information content (AvgIpc) is 3.63. The second kappa shape index (κ2) is 11.2. The highest BCUT2D eigenvalue weighted by Crippen LogP contribution is 2.46. The summed E-state index contributed by atoms with van der Waals surface area (Å²) >= 11 is 1.22. The van der Waals surface area contributed by atoms with Gasteiger partial charge in [0.1, 0.15) is 16.2 Å². The van der Waals surface area contributed by atoms with E-state index in [4.69, 9.17) is 4.98 Å². The SMILES string of the molecule is N#CC1(NC(=O)[C@@H]2CCCC[C@H]2c2nc(-c3ccnc(C(F)(F)F)n3)sc2-c2ccc(N3CCS(=O)(=O)CC3)cc2)CC1. The maximum absolute atomic E-state index is 13.5. The third-order valence-electron chi connectivity index (χ3n) is 8.40. The van der Waals surface area contributed by atoms with Gasteiger partial charge in [-0.2, -0.15) is 18.4 Å². The number of anilines is 1. The van der Waals surface area contributed by atoms with Gasteiger partial charge in [-0.05, 0) is 49.4 Å². The molecule has 1 N–H and O–H groups in total. The number of hydrogen-bond donors (Lipinski definition) is 1. The first-order chi connectivity index (χ1) is 20.5. The molecular weight excluding hydrogens is 601 g/mol. The molecule has 2 aliphatic carbocycles. The Kier molecular flexibility index (Phi) is 7.66. The molecule has 3 fully saturated rings. The minimum Gasteiger partial charge on any atom is -0.369 e.